The highest BCUT2D eigenvalue weighted by molar-refractivity contribution is 5.69. The van der Waals surface area contributed by atoms with Gasteiger partial charge in [-0.3, -0.25) is 4.79 Å². The van der Waals surface area contributed by atoms with Gasteiger partial charge in [0.2, 0.25) is 0 Å². The van der Waals surface area contributed by atoms with Gasteiger partial charge in [0.1, 0.15) is 12.4 Å². The maximum absolute atomic E-state index is 11.4. The van der Waals surface area contributed by atoms with E-state index in [1.54, 1.807) is 0 Å². The third-order valence-electron chi connectivity index (χ3n) is 2.51. The number of benzene rings is 1. The number of hydrogen-bond donors (Lipinski definition) is 1. The Bertz CT molecular complexity index is 341. The van der Waals surface area contributed by atoms with Crippen molar-refractivity contribution < 1.29 is 14.3 Å². The lowest BCUT2D eigenvalue weighted by atomic mass is 10.3. The second-order valence-corrected chi connectivity index (χ2v) is 4.24. The lowest BCUT2D eigenvalue weighted by molar-refractivity contribution is -0.143. The summed E-state index contributed by atoms with van der Waals surface area (Å²) in [5.41, 5.74) is 0. The molecule has 0 aliphatic carbocycles. The number of nitrogens with one attached hydrogen (secondary N) is 1. The smallest absolute Gasteiger partial charge is 0.305 e. The molecule has 0 bridgehead atoms. The molecule has 106 valence electrons. The van der Waals surface area contributed by atoms with Crippen molar-refractivity contribution in [1.29, 1.82) is 0 Å². The molecule has 0 fully saturated rings. The molecule has 1 aromatic carbocycles. The summed E-state index contributed by atoms with van der Waals surface area (Å²) in [6, 6.07) is 9.59. The van der Waals surface area contributed by atoms with Gasteiger partial charge >= 0.3 is 5.97 Å². The van der Waals surface area contributed by atoms with Gasteiger partial charge in [-0.15, -0.1) is 0 Å². The molecule has 0 saturated carbocycles. The van der Waals surface area contributed by atoms with Crippen LogP contribution in [0.3, 0.4) is 0 Å². The van der Waals surface area contributed by atoms with Crippen molar-refractivity contribution in [2.75, 3.05) is 26.3 Å². The lowest BCUT2D eigenvalue weighted by Crippen LogP contribution is -2.22. The number of ether oxygens (including phenoxy) is 2. The predicted octanol–water partition coefficient (Wildman–Crippen LogP) is 2.39. The van der Waals surface area contributed by atoms with E-state index >= 15 is 0 Å². The molecule has 0 amide bonds. The Balaban J connectivity index is 1.95. The first-order valence-corrected chi connectivity index (χ1v) is 6.87. The molecule has 0 unspecified atom stereocenters. The number of carbonyl (C=O) groups excluding carboxylic acids is 1. The zero-order valence-electron chi connectivity index (χ0n) is 11.6. The molecule has 0 saturated heterocycles. The fraction of sp³-hybridized carbons (Fsp3) is 0.533. The minimum Gasteiger partial charge on any atom is -0.494 e. The average Bonchev–Trinajstić information content (AvgIpc) is 2.44. The van der Waals surface area contributed by atoms with Crippen LogP contribution in [0.25, 0.3) is 0 Å². The van der Waals surface area contributed by atoms with Gasteiger partial charge in [0.05, 0.1) is 6.61 Å². The average molecular weight is 265 g/mol. The second-order valence-electron chi connectivity index (χ2n) is 4.24. The zero-order chi connectivity index (χ0) is 13.8. The van der Waals surface area contributed by atoms with Gasteiger partial charge in [-0.2, -0.15) is 0 Å². The van der Waals surface area contributed by atoms with Crippen LogP contribution in [0.5, 0.6) is 5.75 Å². The lowest BCUT2D eigenvalue weighted by Gasteiger charge is -2.07. The topological polar surface area (TPSA) is 47.6 Å². The van der Waals surface area contributed by atoms with Crippen molar-refractivity contribution >= 4 is 5.97 Å². The van der Waals surface area contributed by atoms with Crippen molar-refractivity contribution in [1.82, 2.24) is 5.32 Å². The van der Waals surface area contributed by atoms with Crippen molar-refractivity contribution in [3.05, 3.63) is 30.3 Å². The molecule has 0 aliphatic rings. The first kappa shape index (κ1) is 15.5. The predicted molar refractivity (Wildman–Crippen MR) is 75.3 cm³/mol. The molecule has 0 radical (unpaired) electrons. The van der Waals surface area contributed by atoms with Gasteiger partial charge in [-0.05, 0) is 31.5 Å². The first-order chi connectivity index (χ1) is 9.33. The molecule has 0 heterocycles. The van der Waals surface area contributed by atoms with Crippen LogP contribution in [0.2, 0.25) is 0 Å². The van der Waals surface area contributed by atoms with E-state index in [0.29, 0.717) is 26.1 Å². The van der Waals surface area contributed by atoms with E-state index < -0.39 is 0 Å². The van der Waals surface area contributed by atoms with E-state index in [0.717, 1.165) is 25.3 Å². The molecular weight excluding hydrogens is 242 g/mol. The highest BCUT2D eigenvalue weighted by atomic mass is 16.5. The van der Waals surface area contributed by atoms with Crippen LogP contribution >= 0.6 is 0 Å². The first-order valence-electron chi connectivity index (χ1n) is 6.87. The minimum absolute atomic E-state index is 0.157. The summed E-state index contributed by atoms with van der Waals surface area (Å²) in [5.74, 6) is 0.676. The maximum atomic E-state index is 11.4. The molecule has 1 aromatic rings. The third-order valence-corrected chi connectivity index (χ3v) is 2.51. The van der Waals surface area contributed by atoms with Crippen molar-refractivity contribution in [3.8, 4) is 5.75 Å². The van der Waals surface area contributed by atoms with Gasteiger partial charge in [0, 0.05) is 13.0 Å². The Morgan fingerprint density at radius 3 is 2.68 bits per heavy atom. The van der Waals surface area contributed by atoms with E-state index in [-0.39, 0.29) is 5.97 Å². The second kappa shape index (κ2) is 10.4. The highest BCUT2D eigenvalue weighted by Gasteiger charge is 2.02. The Labute approximate surface area is 115 Å². The van der Waals surface area contributed by atoms with E-state index in [1.165, 1.54) is 0 Å². The van der Waals surface area contributed by atoms with Crippen LogP contribution in [0, 0.1) is 0 Å². The van der Waals surface area contributed by atoms with Crippen molar-refractivity contribution in [3.63, 3.8) is 0 Å². The fourth-order valence-corrected chi connectivity index (χ4v) is 1.53. The molecule has 1 rings (SSSR count). The summed E-state index contributed by atoms with van der Waals surface area (Å²) >= 11 is 0. The van der Waals surface area contributed by atoms with Crippen molar-refractivity contribution in [2.45, 2.75) is 26.2 Å². The number of para-hydroxylation sites is 1. The monoisotopic (exact) mass is 265 g/mol. The summed E-state index contributed by atoms with van der Waals surface area (Å²) in [5, 5.41) is 3.18. The number of hydrogen-bond acceptors (Lipinski definition) is 4. The summed E-state index contributed by atoms with van der Waals surface area (Å²) in [4.78, 5) is 11.4. The normalized spacial score (nSPS) is 10.2. The van der Waals surface area contributed by atoms with Crippen LogP contribution in [0.15, 0.2) is 30.3 Å². The minimum atomic E-state index is -0.157. The van der Waals surface area contributed by atoms with Crippen LogP contribution in [-0.4, -0.2) is 32.3 Å². The summed E-state index contributed by atoms with van der Waals surface area (Å²) in [6.45, 7) is 4.76. The van der Waals surface area contributed by atoms with Gasteiger partial charge in [-0.25, -0.2) is 0 Å². The van der Waals surface area contributed by atoms with E-state index in [1.807, 2.05) is 30.3 Å². The molecule has 1 N–H and O–H groups in total. The Morgan fingerprint density at radius 2 is 1.95 bits per heavy atom. The van der Waals surface area contributed by atoms with Gasteiger partial charge < -0.3 is 14.8 Å². The van der Waals surface area contributed by atoms with Crippen LogP contribution in [-0.2, 0) is 9.53 Å². The molecule has 0 aromatic heterocycles. The Hall–Kier alpha value is -1.55. The SMILES string of the molecule is CCCNCCOC(=O)CCCOc1ccccc1. The molecule has 0 atom stereocenters. The van der Waals surface area contributed by atoms with Gasteiger partial charge in [0.15, 0.2) is 0 Å². The molecule has 19 heavy (non-hydrogen) atoms. The summed E-state index contributed by atoms with van der Waals surface area (Å²) < 4.78 is 10.6. The molecule has 0 spiro atoms. The molecule has 0 aliphatic heterocycles. The largest absolute Gasteiger partial charge is 0.494 e. The fourth-order valence-electron chi connectivity index (χ4n) is 1.53. The third kappa shape index (κ3) is 8.21. The van der Waals surface area contributed by atoms with Gasteiger partial charge in [-0.1, -0.05) is 25.1 Å². The number of esters is 1. The van der Waals surface area contributed by atoms with Crippen LogP contribution < -0.4 is 10.1 Å². The Kier molecular flexibility index (Phi) is 8.47. The highest BCUT2D eigenvalue weighted by Crippen LogP contribution is 2.08. The number of rotatable bonds is 10. The van der Waals surface area contributed by atoms with Crippen LogP contribution in [0.4, 0.5) is 0 Å². The maximum Gasteiger partial charge on any atom is 0.305 e. The standard InChI is InChI=1S/C15H23NO3/c1-2-10-16-11-13-19-15(17)9-6-12-18-14-7-4-3-5-8-14/h3-5,7-8,16H,2,6,9-13H2,1H3. The van der Waals surface area contributed by atoms with Gasteiger partial charge in [0.25, 0.3) is 0 Å². The summed E-state index contributed by atoms with van der Waals surface area (Å²) in [7, 11) is 0. The molecule has 4 heteroatoms. The Morgan fingerprint density at radius 1 is 1.16 bits per heavy atom. The molecule has 4 nitrogen and oxygen atoms in total. The van der Waals surface area contributed by atoms with E-state index in [9.17, 15) is 4.79 Å². The van der Waals surface area contributed by atoms with Crippen molar-refractivity contribution in [2.24, 2.45) is 0 Å². The summed E-state index contributed by atoms with van der Waals surface area (Å²) in [6.07, 6.45) is 2.17. The van der Waals surface area contributed by atoms with Crippen LogP contribution in [0.1, 0.15) is 26.2 Å². The number of carbonyl (C=O) groups is 1. The molecular formula is C15H23NO3. The quantitative estimate of drug-likeness (QED) is 0.521. The van der Waals surface area contributed by atoms with E-state index in [2.05, 4.69) is 12.2 Å². The zero-order valence-corrected chi connectivity index (χ0v) is 11.6. The van der Waals surface area contributed by atoms with E-state index in [4.69, 9.17) is 9.47 Å².